The highest BCUT2D eigenvalue weighted by Gasteiger charge is 2.44. The molecule has 574 valence electrons. The molecular weight excluding hydrogens is 1310 g/mol. The lowest BCUT2D eigenvalue weighted by molar-refractivity contribution is -0.191. The molecule has 0 spiro atoms. The predicted octanol–water partition coefficient (Wildman–Crippen LogP) is 4.48. The summed E-state index contributed by atoms with van der Waals surface area (Å²) < 4.78 is 24.0. The maximum atomic E-state index is 14.1. The van der Waals surface area contributed by atoms with Crippen LogP contribution in [-0.2, 0) is 47.7 Å². The number of aliphatic carboxylic acids is 1. The zero-order valence-electron chi connectivity index (χ0n) is 62.2. The molecule has 15 N–H and O–H groups in total. The topological polar surface area (TPSA) is 418 Å². The van der Waals surface area contributed by atoms with Crippen molar-refractivity contribution in [2.24, 2.45) is 52.8 Å². The second-order valence-electron chi connectivity index (χ2n) is 29.1. The van der Waals surface area contributed by atoms with Crippen LogP contribution < -0.4 is 16.0 Å². The summed E-state index contributed by atoms with van der Waals surface area (Å²) in [5, 5.41) is 141. The summed E-state index contributed by atoms with van der Waals surface area (Å²) in [5.74, 6) is -10.3. The molecule has 0 aliphatic carbocycles. The zero-order chi connectivity index (χ0) is 76.9. The van der Waals surface area contributed by atoms with E-state index in [2.05, 4.69) is 16.0 Å². The van der Waals surface area contributed by atoms with E-state index in [9.17, 15) is 90.0 Å². The molecule has 25 heteroatoms. The minimum absolute atomic E-state index is 0.0173. The van der Waals surface area contributed by atoms with Crippen LogP contribution in [0, 0.1) is 52.8 Å². The predicted molar refractivity (Wildman–Crippen MR) is 383 cm³/mol. The monoisotopic (exact) mass is 1430 g/mol. The van der Waals surface area contributed by atoms with E-state index < -0.39 is 193 Å². The molecule has 25 atom stereocenters. The number of Topliss-reactive ketones (excluding diaryl/α,β-unsaturated/α-hetero) is 1. The lowest BCUT2D eigenvalue weighted by atomic mass is 9.77. The Balaban J connectivity index is 2.45. The molecule has 2 rings (SSSR count). The molecule has 1 saturated heterocycles. The van der Waals surface area contributed by atoms with Crippen LogP contribution in [0.2, 0.25) is 0 Å². The Kier molecular flexibility index (Phi) is 40.4. The van der Waals surface area contributed by atoms with E-state index in [1.807, 2.05) is 13.0 Å². The molecule has 18 unspecified atom stereocenters. The van der Waals surface area contributed by atoms with Gasteiger partial charge in [-0.15, -0.1) is 0 Å². The zero-order valence-corrected chi connectivity index (χ0v) is 62.2. The van der Waals surface area contributed by atoms with Crippen molar-refractivity contribution in [2.45, 2.75) is 265 Å². The van der Waals surface area contributed by atoms with Crippen LogP contribution in [0.5, 0.6) is 0 Å². The molecule has 0 radical (unpaired) electrons. The van der Waals surface area contributed by atoms with Gasteiger partial charge in [0.1, 0.15) is 24.1 Å². The maximum Gasteiger partial charge on any atom is 0.335 e. The summed E-state index contributed by atoms with van der Waals surface area (Å²) in [6.45, 7) is 25.1. The maximum absolute atomic E-state index is 14.1. The summed E-state index contributed by atoms with van der Waals surface area (Å²) in [6, 6.07) is -5.09. The first-order valence-corrected chi connectivity index (χ1v) is 35.3. The van der Waals surface area contributed by atoms with Crippen molar-refractivity contribution in [2.75, 3.05) is 14.2 Å². The number of carbonyl (C=O) groups is 6. The van der Waals surface area contributed by atoms with Crippen molar-refractivity contribution in [1.29, 1.82) is 0 Å². The minimum Gasteiger partial charge on any atom is -0.479 e. The van der Waals surface area contributed by atoms with Crippen LogP contribution >= 0.6 is 0 Å². The first-order chi connectivity index (χ1) is 47.1. The van der Waals surface area contributed by atoms with Gasteiger partial charge in [-0.2, -0.15) is 0 Å². The molecule has 0 aromatic heterocycles. The number of rotatable bonds is 26. The first kappa shape index (κ1) is 91.2. The Morgan fingerprint density at radius 1 is 0.762 bits per heavy atom. The number of carboxylic acid groups (broad SMARTS) is 1. The van der Waals surface area contributed by atoms with E-state index in [1.165, 1.54) is 37.3 Å². The third-order valence-corrected chi connectivity index (χ3v) is 19.2. The minimum atomic E-state index is -2.60. The number of aliphatic hydroxyl groups excluding tert-OH is 11. The number of carbonyl (C=O) groups excluding carboxylic acids is 5. The molecule has 2 bridgehead atoms. The van der Waals surface area contributed by atoms with Gasteiger partial charge in [-0.25, -0.2) is 9.59 Å². The number of hydrogen-bond acceptors (Lipinski definition) is 21. The van der Waals surface area contributed by atoms with Gasteiger partial charge in [-0.1, -0.05) is 154 Å². The molecule has 2 aliphatic rings. The van der Waals surface area contributed by atoms with Crippen molar-refractivity contribution < 1.29 is 109 Å². The van der Waals surface area contributed by atoms with Gasteiger partial charge in [0.2, 0.25) is 17.7 Å². The van der Waals surface area contributed by atoms with Crippen LogP contribution in [0.15, 0.2) is 108 Å². The first-order valence-electron chi connectivity index (χ1n) is 35.3. The van der Waals surface area contributed by atoms with E-state index in [-0.39, 0.29) is 49.4 Å². The lowest BCUT2D eigenvalue weighted by Crippen LogP contribution is -2.57. The number of methoxy groups -OCH3 is 2. The van der Waals surface area contributed by atoms with Crippen LogP contribution in [-0.4, -0.2) is 227 Å². The Morgan fingerprint density at radius 2 is 1.36 bits per heavy atom. The largest absolute Gasteiger partial charge is 0.479 e. The SMILES string of the molecule is COC1C=CC=CC=CC=CC=CC(=O)NC(C(O)C(=O)O)C(=O)OC(C(NC(=O)CC(O)CCC(C)C(O)/C(C)=C/C(C)C(O)[C@H](NC(=O)/C=C/C(C)(C)C(=O)[C@@H](C)[C@@H](O)C(C)C)C(O)C(C)C)C(C)O)CC(O)CC=CC(O)C(C)C=C(C)C(O)C(C)C(O)C[C@@H]2C[C@H](C)[C@H](OC)[C@@H]1O2. The highest BCUT2D eigenvalue weighted by Crippen LogP contribution is 2.35. The quantitative estimate of drug-likeness (QED) is 0.0322. The van der Waals surface area contributed by atoms with E-state index in [0.29, 0.717) is 17.6 Å². The number of nitrogens with one attached hydrogen (secondary N) is 3. The average molecular weight is 1430 g/mol. The normalized spacial score (nSPS) is 29.2. The third kappa shape index (κ3) is 30.4. The summed E-state index contributed by atoms with van der Waals surface area (Å²) in [6.07, 6.45) is 5.05. The lowest BCUT2D eigenvalue weighted by Gasteiger charge is -2.43. The van der Waals surface area contributed by atoms with Gasteiger partial charge in [0.25, 0.3) is 0 Å². The molecule has 0 aromatic carbocycles. The molecule has 3 amide bonds. The summed E-state index contributed by atoms with van der Waals surface area (Å²) in [7, 11) is 3.15. The smallest absolute Gasteiger partial charge is 0.335 e. The van der Waals surface area contributed by atoms with Crippen molar-refractivity contribution in [3.05, 3.63) is 108 Å². The van der Waals surface area contributed by atoms with E-state index in [4.69, 9.17) is 18.9 Å². The Labute approximate surface area is 597 Å². The summed E-state index contributed by atoms with van der Waals surface area (Å²) >= 11 is 0. The van der Waals surface area contributed by atoms with Crippen molar-refractivity contribution in [3.63, 3.8) is 0 Å². The molecule has 0 saturated carbocycles. The van der Waals surface area contributed by atoms with Crippen molar-refractivity contribution in [1.82, 2.24) is 16.0 Å². The van der Waals surface area contributed by atoms with Gasteiger partial charge in [-0.3, -0.25) is 19.2 Å². The van der Waals surface area contributed by atoms with Crippen LogP contribution in [0.3, 0.4) is 0 Å². The third-order valence-electron chi connectivity index (χ3n) is 19.2. The summed E-state index contributed by atoms with van der Waals surface area (Å²) in [5.41, 5.74) is -0.272. The molecule has 0 aromatic rings. The van der Waals surface area contributed by atoms with Gasteiger partial charge >= 0.3 is 11.9 Å². The Bertz CT molecular complexity index is 2860. The second kappa shape index (κ2) is 44.7. The van der Waals surface area contributed by atoms with E-state index >= 15 is 0 Å². The number of esters is 1. The molecule has 101 heavy (non-hydrogen) atoms. The van der Waals surface area contributed by atoms with Crippen LogP contribution in [0.25, 0.3) is 0 Å². The second-order valence-corrected chi connectivity index (χ2v) is 29.1. The van der Waals surface area contributed by atoms with Gasteiger partial charge in [0.05, 0.1) is 91.8 Å². The number of allylic oxidation sites excluding steroid dienone is 9. The number of cyclic esters (lactones) is 1. The Hall–Kier alpha value is -5.88. The molecule has 1 fully saturated rings. The number of ketones is 1. The van der Waals surface area contributed by atoms with Gasteiger partial charge in [0, 0.05) is 55.8 Å². The van der Waals surface area contributed by atoms with E-state index in [0.717, 1.165) is 12.2 Å². The summed E-state index contributed by atoms with van der Waals surface area (Å²) in [4.78, 5) is 79.9. The van der Waals surface area contributed by atoms with Crippen LogP contribution in [0.4, 0.5) is 0 Å². The van der Waals surface area contributed by atoms with Gasteiger partial charge in [0.15, 0.2) is 12.1 Å². The fourth-order valence-corrected chi connectivity index (χ4v) is 12.5. The number of aliphatic hydroxyl groups is 11. The average Bonchev–Trinajstić information content (AvgIpc) is 0.819. The fourth-order valence-electron chi connectivity index (χ4n) is 12.5. The Morgan fingerprint density at radius 3 is 1.92 bits per heavy atom. The van der Waals surface area contributed by atoms with Crippen molar-refractivity contribution >= 4 is 35.4 Å². The van der Waals surface area contributed by atoms with Crippen molar-refractivity contribution in [3.8, 4) is 0 Å². The highest BCUT2D eigenvalue weighted by atomic mass is 16.6. The number of ether oxygens (including phenoxy) is 4. The van der Waals surface area contributed by atoms with Gasteiger partial charge < -0.3 is 96.2 Å². The fraction of sp³-hybridized carbons (Fsp3) is 0.684. The van der Waals surface area contributed by atoms with E-state index in [1.54, 1.807) is 153 Å². The molecule has 2 heterocycles. The number of fused-ring (bicyclic) bond motifs is 2. The highest BCUT2D eigenvalue weighted by molar-refractivity contribution is 5.94. The molecule has 2 aliphatic heterocycles. The van der Waals surface area contributed by atoms with Gasteiger partial charge in [-0.05, 0) is 108 Å². The van der Waals surface area contributed by atoms with Crippen LogP contribution in [0.1, 0.15) is 149 Å². The molecular formula is C76H123N3O22. The molecule has 25 nitrogen and oxygen atoms in total. The standard InChI is InChI=1S/C76H123N3O22/c1-41(2)65(88)50(12)73(94)76(14,15)34-33-60(86)77-63(66(89)42(3)4)69(92)47(9)36-45(7)67(90)43(5)31-32-53(82)39-61(87)79-62(51(13)80)58-38-52(81)27-26-28-55(83)44(6)35-46(8)68(91)49(11)56(84)40-54-37-48(10)71(99-17)72(100-54)57(98-16)29-24-22-20-18-19-21-23-25-30-59(85)78-64(75(97)101-58)70(93)74(95)96/h18-26,28-30,33-36,41-44,47-58,62-72,80-84,88-93H,27,31-32,37-40H2,1-17H3,(H,77,86)(H,78,85)(H,79,87)(H,95,96)/b19-18?,22-20?,23-21?,28-26?,29-24?,30-25?,34-33+,45-36+,46-35?/t43?,44?,47?,48-,49?,50-,51?,52?,53?,54-,55?,56?,57?,58?,62?,63+,64?,65-,66?,67?,68?,69?,70?,71-,72+/m0/s1. The number of carboxylic acids is 1. The number of amides is 3. The number of hydrogen-bond donors (Lipinski definition) is 15.